The highest BCUT2D eigenvalue weighted by Crippen LogP contribution is 2.10. The van der Waals surface area contributed by atoms with Gasteiger partial charge in [0.2, 0.25) is 11.9 Å². The summed E-state index contributed by atoms with van der Waals surface area (Å²) in [7, 11) is -0.938. The summed E-state index contributed by atoms with van der Waals surface area (Å²) in [5.74, 6) is -1.70. The molecule has 0 aromatic rings. The third-order valence-electron chi connectivity index (χ3n) is 1.34. The van der Waals surface area contributed by atoms with E-state index < -0.39 is 31.3 Å². The molecule has 0 fully saturated rings. The first kappa shape index (κ1) is 14.3. The Kier molecular flexibility index (Phi) is 5.13. The highest BCUT2D eigenvalue weighted by atomic mass is 35.5. The zero-order chi connectivity index (χ0) is 12.2. The molecule has 1 atom stereocenters. The Morgan fingerprint density at radius 2 is 1.80 bits per heavy atom. The number of hydrogen-bond donors (Lipinski definition) is 1. The molecule has 0 rings (SSSR count). The van der Waals surface area contributed by atoms with E-state index in [1.54, 1.807) is 0 Å². The molecule has 0 saturated carbocycles. The minimum Gasteiger partial charge on any atom is -0.467 e. The smallest absolute Gasteiger partial charge is 0.342 e. The molecule has 5 nitrogen and oxygen atoms in total. The van der Waals surface area contributed by atoms with Gasteiger partial charge in [0, 0.05) is 0 Å². The molecule has 0 amide bonds. The predicted octanol–water partition coefficient (Wildman–Crippen LogP) is 1.16. The van der Waals surface area contributed by atoms with Crippen molar-refractivity contribution in [1.82, 2.24) is 0 Å². The lowest BCUT2D eigenvalue weighted by Crippen LogP contribution is -2.44. The number of hydrogen-bond acceptors (Lipinski definition) is 5. The molecular weight excluding hydrogens is 238 g/mol. The first-order valence-corrected chi connectivity index (χ1v) is 8.01. The van der Waals surface area contributed by atoms with E-state index in [2.05, 4.69) is 4.74 Å². The normalized spacial score (nSPS) is 13.1. The maximum atomic E-state index is 11.4. The van der Waals surface area contributed by atoms with E-state index in [-0.39, 0.29) is 0 Å². The third kappa shape index (κ3) is 5.05. The summed E-state index contributed by atoms with van der Waals surface area (Å²) < 4.78 is 9.71. The first-order chi connectivity index (χ1) is 6.69. The minimum absolute atomic E-state index is 0.733. The van der Waals surface area contributed by atoms with Crippen molar-refractivity contribution in [1.29, 1.82) is 5.41 Å². The van der Waals surface area contributed by atoms with Crippen molar-refractivity contribution in [3.05, 3.63) is 0 Å². The van der Waals surface area contributed by atoms with Crippen LogP contribution in [0.1, 0.15) is 0 Å². The Bertz CT molecular complexity index is 287. The largest absolute Gasteiger partial charge is 0.467 e. The van der Waals surface area contributed by atoms with E-state index in [1.807, 2.05) is 19.6 Å². The standard InChI is InChI=1S/C8H14ClNO4Si/c1-13-8(12)6(5(11)7(9)10)14-15(2,3)4/h6,10H,1-4H3. The van der Waals surface area contributed by atoms with Crippen LogP contribution < -0.4 is 0 Å². The van der Waals surface area contributed by atoms with E-state index in [4.69, 9.17) is 21.4 Å². The molecule has 0 spiro atoms. The van der Waals surface area contributed by atoms with Crippen LogP contribution in [0.15, 0.2) is 0 Å². The molecule has 0 bridgehead atoms. The second-order valence-electron chi connectivity index (χ2n) is 3.81. The van der Waals surface area contributed by atoms with Gasteiger partial charge in [-0.3, -0.25) is 10.2 Å². The molecule has 0 heterocycles. The maximum absolute atomic E-state index is 11.4. The Morgan fingerprint density at radius 1 is 1.33 bits per heavy atom. The molecule has 86 valence electrons. The number of rotatable bonds is 5. The average molecular weight is 252 g/mol. The zero-order valence-electron chi connectivity index (χ0n) is 9.09. The van der Waals surface area contributed by atoms with Crippen molar-refractivity contribution in [2.45, 2.75) is 25.7 Å². The Balaban J connectivity index is 4.82. The van der Waals surface area contributed by atoms with Crippen LogP contribution in [0.25, 0.3) is 0 Å². The maximum Gasteiger partial charge on any atom is 0.342 e. The van der Waals surface area contributed by atoms with Gasteiger partial charge in [-0.15, -0.1) is 0 Å². The molecule has 0 saturated heterocycles. The molecule has 15 heavy (non-hydrogen) atoms. The van der Waals surface area contributed by atoms with Gasteiger partial charge < -0.3 is 9.16 Å². The monoisotopic (exact) mass is 251 g/mol. The molecule has 1 N–H and O–H groups in total. The van der Waals surface area contributed by atoms with Crippen LogP contribution in [0.3, 0.4) is 0 Å². The van der Waals surface area contributed by atoms with Crippen molar-refractivity contribution >= 4 is 36.8 Å². The molecule has 1 unspecified atom stereocenters. The van der Waals surface area contributed by atoms with E-state index in [1.165, 1.54) is 0 Å². The number of halogens is 1. The van der Waals surface area contributed by atoms with Crippen LogP contribution in [0.5, 0.6) is 0 Å². The number of nitrogens with one attached hydrogen (secondary N) is 1. The second-order valence-corrected chi connectivity index (χ2v) is 8.65. The molecule has 0 aliphatic heterocycles. The second kappa shape index (κ2) is 5.39. The average Bonchev–Trinajstić information content (AvgIpc) is 2.10. The van der Waals surface area contributed by atoms with E-state index >= 15 is 0 Å². The van der Waals surface area contributed by atoms with Gasteiger partial charge in [0.05, 0.1) is 7.11 Å². The van der Waals surface area contributed by atoms with Gasteiger partial charge in [0.25, 0.3) is 0 Å². The molecule has 7 heteroatoms. The van der Waals surface area contributed by atoms with Gasteiger partial charge in [-0.2, -0.15) is 0 Å². The van der Waals surface area contributed by atoms with Crippen LogP contribution in [-0.2, 0) is 18.8 Å². The number of Topliss-reactive ketones (excluding diaryl/α,β-unsaturated/α-hetero) is 1. The number of methoxy groups -OCH3 is 1. The number of ketones is 1. The molecular formula is C8H14ClNO4Si. The lowest BCUT2D eigenvalue weighted by molar-refractivity contribution is -0.152. The van der Waals surface area contributed by atoms with E-state index in [9.17, 15) is 9.59 Å². The van der Waals surface area contributed by atoms with Crippen molar-refractivity contribution in [3.63, 3.8) is 0 Å². The summed E-state index contributed by atoms with van der Waals surface area (Å²) in [6.45, 7) is 5.44. The van der Waals surface area contributed by atoms with Gasteiger partial charge in [-0.25, -0.2) is 4.79 Å². The van der Waals surface area contributed by atoms with Crippen LogP contribution in [0, 0.1) is 5.41 Å². The quantitative estimate of drug-likeness (QED) is 0.344. The fourth-order valence-electron chi connectivity index (χ4n) is 0.784. The number of carbonyl (C=O) groups is 2. The fraction of sp³-hybridized carbons (Fsp3) is 0.625. The predicted molar refractivity (Wildman–Crippen MR) is 58.8 cm³/mol. The van der Waals surface area contributed by atoms with Crippen molar-refractivity contribution in [2.24, 2.45) is 0 Å². The van der Waals surface area contributed by atoms with Crippen LogP contribution in [0.2, 0.25) is 19.6 Å². The van der Waals surface area contributed by atoms with Crippen molar-refractivity contribution in [3.8, 4) is 0 Å². The Hall–Kier alpha value is -0.723. The van der Waals surface area contributed by atoms with E-state index in [0.29, 0.717) is 0 Å². The number of carbonyl (C=O) groups excluding carboxylic acids is 2. The Labute approximate surface area is 94.3 Å². The highest BCUT2D eigenvalue weighted by molar-refractivity contribution is 6.83. The van der Waals surface area contributed by atoms with E-state index in [0.717, 1.165) is 7.11 Å². The highest BCUT2D eigenvalue weighted by Gasteiger charge is 2.35. The number of esters is 1. The van der Waals surface area contributed by atoms with Gasteiger partial charge in [-0.05, 0) is 19.6 Å². The van der Waals surface area contributed by atoms with Gasteiger partial charge in [0.1, 0.15) is 0 Å². The lowest BCUT2D eigenvalue weighted by atomic mass is 10.2. The lowest BCUT2D eigenvalue weighted by Gasteiger charge is -2.22. The Morgan fingerprint density at radius 3 is 2.07 bits per heavy atom. The summed E-state index contributed by atoms with van der Waals surface area (Å²) >= 11 is 5.21. The van der Waals surface area contributed by atoms with Gasteiger partial charge in [0.15, 0.2) is 13.5 Å². The van der Waals surface area contributed by atoms with Crippen molar-refractivity contribution in [2.75, 3.05) is 7.11 Å². The fourth-order valence-corrected chi connectivity index (χ4v) is 1.79. The zero-order valence-corrected chi connectivity index (χ0v) is 10.8. The molecule has 0 aliphatic carbocycles. The molecule has 0 aromatic heterocycles. The minimum atomic E-state index is -2.08. The van der Waals surface area contributed by atoms with Crippen LogP contribution in [-0.4, -0.2) is 38.5 Å². The summed E-state index contributed by atoms with van der Waals surface area (Å²) in [5.41, 5.74) is 0. The number of ether oxygens (including phenoxy) is 1. The molecule has 0 aliphatic rings. The summed E-state index contributed by atoms with van der Waals surface area (Å²) in [6, 6.07) is 0. The van der Waals surface area contributed by atoms with Crippen LogP contribution >= 0.6 is 11.6 Å². The third-order valence-corrected chi connectivity index (χ3v) is 2.47. The van der Waals surface area contributed by atoms with Crippen LogP contribution in [0.4, 0.5) is 0 Å². The molecule has 0 aromatic carbocycles. The first-order valence-electron chi connectivity index (χ1n) is 4.23. The summed E-state index contributed by atoms with van der Waals surface area (Å²) in [6.07, 6.45) is -1.41. The topological polar surface area (TPSA) is 76.5 Å². The van der Waals surface area contributed by atoms with Gasteiger partial charge in [-0.1, -0.05) is 11.6 Å². The summed E-state index contributed by atoms with van der Waals surface area (Å²) in [4.78, 5) is 22.6. The van der Waals surface area contributed by atoms with Gasteiger partial charge >= 0.3 is 5.97 Å². The summed E-state index contributed by atoms with van der Waals surface area (Å²) in [5, 5.41) is 6.22. The SMILES string of the molecule is COC(=O)C(O[Si](C)(C)C)C(=O)C(=N)Cl. The van der Waals surface area contributed by atoms with Crippen molar-refractivity contribution < 1.29 is 18.8 Å². The molecule has 0 radical (unpaired) electrons.